The molecule has 9 aromatic rings. The lowest BCUT2D eigenvalue weighted by Crippen LogP contribution is -1.95. The van der Waals surface area contributed by atoms with Crippen molar-refractivity contribution in [2.24, 2.45) is 0 Å². The molecule has 9 nitrogen and oxygen atoms in total. The van der Waals surface area contributed by atoms with Crippen LogP contribution in [0.25, 0.3) is 86.6 Å². The summed E-state index contributed by atoms with van der Waals surface area (Å²) in [6.45, 7) is 15.7. The van der Waals surface area contributed by atoms with E-state index in [1.54, 1.807) is 60.7 Å². The maximum absolute atomic E-state index is 10.4. The van der Waals surface area contributed by atoms with Crippen molar-refractivity contribution in [1.82, 2.24) is 9.13 Å². The van der Waals surface area contributed by atoms with Crippen LogP contribution in [0.2, 0.25) is 0 Å². The quantitative estimate of drug-likeness (QED) is 0.172. The first kappa shape index (κ1) is 28.8. The van der Waals surface area contributed by atoms with Gasteiger partial charge in [0.25, 0.3) is 0 Å². The summed E-state index contributed by atoms with van der Waals surface area (Å²) in [5.74, 6) is 0. The lowest BCUT2D eigenvalue weighted by atomic mass is 10.1. The van der Waals surface area contributed by atoms with E-state index in [2.05, 4.69) is 34.0 Å². The Balaban J connectivity index is 1.38. The van der Waals surface area contributed by atoms with Crippen LogP contribution in [0.4, 0.5) is 11.4 Å². The van der Waals surface area contributed by atoms with Gasteiger partial charge < -0.3 is 13.6 Å². The molecule has 230 valence electrons. The minimum Gasteiger partial charge on any atom is -0.466 e. The third-order valence-electron chi connectivity index (χ3n) is 9.41. The molecule has 0 unspecified atom stereocenters. The molecule has 0 saturated carbocycles. The molecule has 0 atom stereocenters. The van der Waals surface area contributed by atoms with Crippen molar-refractivity contribution in [3.05, 3.63) is 142 Å². The van der Waals surface area contributed by atoms with E-state index in [4.69, 9.17) is 17.6 Å². The Morgan fingerprint density at radius 3 is 1.41 bits per heavy atom. The molecule has 0 N–H and O–H groups in total. The molecule has 0 bridgehead atoms. The number of aromatic nitrogens is 2. The average Bonchev–Trinajstić information content (AvgIpc) is 3.83. The van der Waals surface area contributed by atoms with Crippen LogP contribution < -0.4 is 0 Å². The van der Waals surface area contributed by atoms with Gasteiger partial charge in [-0.25, -0.2) is 9.69 Å². The molecule has 0 fully saturated rings. The third kappa shape index (κ3) is 4.02. The number of nitriles is 4. The predicted molar refractivity (Wildman–Crippen MR) is 194 cm³/mol. The van der Waals surface area contributed by atoms with Crippen molar-refractivity contribution in [2.75, 3.05) is 0 Å². The van der Waals surface area contributed by atoms with Crippen molar-refractivity contribution < 1.29 is 4.42 Å². The second-order valence-electron chi connectivity index (χ2n) is 12.1. The van der Waals surface area contributed by atoms with Gasteiger partial charge >= 0.3 is 0 Å². The molecule has 0 spiro atoms. The zero-order valence-corrected chi connectivity index (χ0v) is 26.2. The molecule has 51 heavy (non-hydrogen) atoms. The summed E-state index contributed by atoms with van der Waals surface area (Å²) < 4.78 is 10.3. The number of rotatable bonds is 2. The van der Waals surface area contributed by atoms with Crippen molar-refractivity contribution in [3.8, 4) is 35.7 Å². The number of fused-ring (bicyclic) bond motifs is 9. The largest absolute Gasteiger partial charge is 0.466 e. The van der Waals surface area contributed by atoms with Gasteiger partial charge in [0.2, 0.25) is 5.69 Å². The number of benzene rings is 6. The van der Waals surface area contributed by atoms with Gasteiger partial charge in [-0.15, -0.1) is 0 Å². The lowest BCUT2D eigenvalue weighted by molar-refractivity contribution is 0.669. The fourth-order valence-electron chi connectivity index (χ4n) is 7.23. The summed E-state index contributed by atoms with van der Waals surface area (Å²) in [4.78, 5) is 7.46. The maximum atomic E-state index is 10.4. The molecule has 9 rings (SSSR count). The molecule has 3 heterocycles. The third-order valence-corrected chi connectivity index (χ3v) is 9.41. The second kappa shape index (κ2) is 10.6. The van der Waals surface area contributed by atoms with E-state index in [0.29, 0.717) is 55.7 Å². The normalized spacial score (nSPS) is 11.0. The van der Waals surface area contributed by atoms with Gasteiger partial charge in [-0.2, -0.15) is 21.0 Å². The molecule has 9 heteroatoms. The number of hydrogen-bond acceptors (Lipinski definition) is 5. The van der Waals surface area contributed by atoms with E-state index in [1.165, 1.54) is 0 Å². The van der Waals surface area contributed by atoms with Gasteiger partial charge in [-0.3, -0.25) is 0 Å². The highest BCUT2D eigenvalue weighted by Gasteiger charge is 2.22. The minimum absolute atomic E-state index is 0.260. The first-order valence-electron chi connectivity index (χ1n) is 15.6. The SMILES string of the molecule is [C-]#[N+]c1ccc2c(c1)c1cc(C#N)ccc1n2-c1cc([N+]#[C-])c2oc3c(C#N)cc(-n4c5ccc(C#N)cc5c5cc(C#N)ccc54)cc3c2c1. The Labute approximate surface area is 288 Å². The molecule has 3 aromatic heterocycles. The van der Waals surface area contributed by atoms with Gasteiger partial charge in [0.15, 0.2) is 11.3 Å². The summed E-state index contributed by atoms with van der Waals surface area (Å²) in [7, 11) is 0. The lowest BCUT2D eigenvalue weighted by Gasteiger charge is -2.10. The van der Waals surface area contributed by atoms with Crippen LogP contribution in [0.15, 0.2) is 101 Å². The zero-order chi connectivity index (χ0) is 35.0. The highest BCUT2D eigenvalue weighted by molar-refractivity contribution is 6.15. The molecule has 0 radical (unpaired) electrons. The predicted octanol–water partition coefficient (Wildman–Crippen LogP) is 10.4. The van der Waals surface area contributed by atoms with Crippen molar-refractivity contribution in [3.63, 3.8) is 0 Å². The fourth-order valence-corrected chi connectivity index (χ4v) is 7.23. The van der Waals surface area contributed by atoms with Gasteiger partial charge in [-0.05, 0) is 96.4 Å². The molecule has 6 aromatic carbocycles. The van der Waals surface area contributed by atoms with Gasteiger partial charge in [0.05, 0.1) is 75.7 Å². The van der Waals surface area contributed by atoms with Gasteiger partial charge in [0, 0.05) is 38.3 Å². The van der Waals surface area contributed by atoms with E-state index in [9.17, 15) is 21.0 Å². The molecular formula is C42H16N8O. The molecule has 0 aliphatic heterocycles. The van der Waals surface area contributed by atoms with Crippen LogP contribution in [0.3, 0.4) is 0 Å². The van der Waals surface area contributed by atoms with Gasteiger partial charge in [0.1, 0.15) is 11.7 Å². The van der Waals surface area contributed by atoms with Crippen molar-refractivity contribution in [1.29, 1.82) is 21.0 Å². The fraction of sp³-hybridized carbons (Fsp3) is 0. The maximum Gasteiger partial charge on any atom is 0.231 e. The summed E-state index contributed by atoms with van der Waals surface area (Å²) in [6, 6.07) is 37.9. The van der Waals surface area contributed by atoms with Crippen LogP contribution in [0, 0.1) is 58.5 Å². The first-order valence-corrected chi connectivity index (χ1v) is 15.6. The topological polar surface area (TPSA) is 127 Å². The standard InChI is InChI=1S/C42H16N8O/c1-47-27-6-10-40-33(15-27)32-13-25(21-45)5-9-39(32)50(40)29-17-35-34-16-28(14-26(22-46)41(34)51-42(35)36(18-29)48-2)49-37-7-3-23(19-43)11-30(37)31-12-24(20-44)4-8-38(31)49/h3-18H. The Morgan fingerprint density at radius 1 is 0.471 bits per heavy atom. The summed E-state index contributed by atoms with van der Waals surface area (Å²) in [6.07, 6.45) is 0. The summed E-state index contributed by atoms with van der Waals surface area (Å²) >= 11 is 0. The van der Waals surface area contributed by atoms with E-state index < -0.39 is 0 Å². The number of hydrogen-bond donors (Lipinski definition) is 0. The van der Waals surface area contributed by atoms with Crippen LogP contribution in [-0.4, -0.2) is 9.13 Å². The van der Waals surface area contributed by atoms with E-state index in [0.717, 1.165) is 43.6 Å². The molecule has 0 amide bonds. The summed E-state index contributed by atoms with van der Waals surface area (Å²) in [5, 5.41) is 43.8. The molecule has 0 aliphatic carbocycles. The second-order valence-corrected chi connectivity index (χ2v) is 12.1. The Bertz CT molecular complexity index is 2970. The van der Waals surface area contributed by atoms with Crippen molar-refractivity contribution >= 4 is 76.9 Å². The zero-order valence-electron chi connectivity index (χ0n) is 26.2. The smallest absolute Gasteiger partial charge is 0.231 e. The Morgan fingerprint density at radius 2 is 0.941 bits per heavy atom. The average molecular weight is 649 g/mol. The summed E-state index contributed by atoms with van der Waals surface area (Å²) in [5.41, 5.74) is 7.67. The monoisotopic (exact) mass is 648 g/mol. The van der Waals surface area contributed by atoms with E-state index in [-0.39, 0.29) is 11.3 Å². The highest BCUT2D eigenvalue weighted by Crippen LogP contribution is 2.43. The Kier molecular flexibility index (Phi) is 5.99. The highest BCUT2D eigenvalue weighted by atomic mass is 16.3. The van der Waals surface area contributed by atoms with Crippen molar-refractivity contribution in [2.45, 2.75) is 0 Å². The van der Waals surface area contributed by atoms with Gasteiger partial charge in [-0.1, -0.05) is 6.07 Å². The first-order chi connectivity index (χ1) is 25.0. The van der Waals surface area contributed by atoms with E-state index in [1.807, 2.05) is 45.5 Å². The molecule has 0 aliphatic rings. The van der Waals surface area contributed by atoms with Crippen LogP contribution in [0.5, 0.6) is 0 Å². The molecular weight excluding hydrogens is 633 g/mol. The Hall–Kier alpha value is -8.34. The van der Waals surface area contributed by atoms with E-state index >= 15 is 0 Å². The number of nitrogens with zero attached hydrogens (tertiary/aromatic N) is 8. The molecule has 0 saturated heterocycles. The van der Waals surface area contributed by atoms with Crippen LogP contribution in [-0.2, 0) is 0 Å². The van der Waals surface area contributed by atoms with Crippen LogP contribution in [0.1, 0.15) is 22.3 Å². The minimum atomic E-state index is 0.260. The van der Waals surface area contributed by atoms with Crippen LogP contribution >= 0.6 is 0 Å². The number of furan rings is 1.